The fourth-order valence-electron chi connectivity index (χ4n) is 1.57. The van der Waals surface area contributed by atoms with Crippen molar-refractivity contribution < 1.29 is 4.79 Å². The molecule has 2 N–H and O–H groups in total. The molecule has 86 valence electrons. The third-order valence-corrected chi connectivity index (χ3v) is 2.80. The molecule has 1 heterocycles. The maximum absolute atomic E-state index is 11.0. The third kappa shape index (κ3) is 2.82. The standard InChI is InChI=1S/C13H11ClN2O/c14-12-4-2-1-3-9(12)7-11-8-10(13(15)17)5-6-16-11/h1-6,8H,7H2,(H2,15,17). The van der Waals surface area contributed by atoms with Crippen molar-refractivity contribution in [1.29, 1.82) is 0 Å². The average Bonchev–Trinajstić information content (AvgIpc) is 2.32. The van der Waals surface area contributed by atoms with Crippen molar-refractivity contribution in [3.05, 3.63) is 64.4 Å². The summed E-state index contributed by atoms with van der Waals surface area (Å²) in [4.78, 5) is 15.2. The van der Waals surface area contributed by atoms with Gasteiger partial charge in [-0.25, -0.2) is 0 Å². The van der Waals surface area contributed by atoms with Gasteiger partial charge in [-0.05, 0) is 23.8 Å². The molecule has 0 unspecified atom stereocenters. The van der Waals surface area contributed by atoms with Gasteiger partial charge >= 0.3 is 0 Å². The largest absolute Gasteiger partial charge is 0.366 e. The lowest BCUT2D eigenvalue weighted by atomic mass is 10.1. The molecule has 0 aliphatic rings. The molecule has 17 heavy (non-hydrogen) atoms. The summed E-state index contributed by atoms with van der Waals surface area (Å²) < 4.78 is 0. The summed E-state index contributed by atoms with van der Waals surface area (Å²) in [6, 6.07) is 10.8. The second-order valence-corrected chi connectivity index (χ2v) is 4.08. The van der Waals surface area contributed by atoms with Crippen LogP contribution in [-0.4, -0.2) is 10.9 Å². The first-order valence-corrected chi connectivity index (χ1v) is 5.53. The van der Waals surface area contributed by atoms with Crippen molar-refractivity contribution in [2.45, 2.75) is 6.42 Å². The number of hydrogen-bond donors (Lipinski definition) is 1. The Morgan fingerprint density at radius 2 is 2.06 bits per heavy atom. The van der Waals surface area contributed by atoms with E-state index in [-0.39, 0.29) is 0 Å². The summed E-state index contributed by atoms with van der Waals surface area (Å²) in [5.74, 6) is -0.451. The van der Waals surface area contributed by atoms with E-state index < -0.39 is 5.91 Å². The Kier molecular flexibility index (Phi) is 3.40. The van der Waals surface area contributed by atoms with Gasteiger partial charge in [0.05, 0.1) is 0 Å². The van der Waals surface area contributed by atoms with Gasteiger partial charge in [0.25, 0.3) is 0 Å². The number of amides is 1. The number of primary amides is 1. The minimum absolute atomic E-state index is 0.451. The van der Waals surface area contributed by atoms with Crippen LogP contribution in [0.15, 0.2) is 42.6 Å². The number of carbonyl (C=O) groups is 1. The maximum atomic E-state index is 11.0. The predicted octanol–water partition coefficient (Wildman–Crippen LogP) is 2.42. The molecular formula is C13H11ClN2O. The van der Waals surface area contributed by atoms with E-state index in [1.165, 1.54) is 0 Å². The molecule has 0 atom stereocenters. The number of benzene rings is 1. The number of nitrogens with two attached hydrogens (primary N) is 1. The van der Waals surface area contributed by atoms with E-state index in [1.807, 2.05) is 24.3 Å². The van der Waals surface area contributed by atoms with E-state index >= 15 is 0 Å². The lowest BCUT2D eigenvalue weighted by Gasteiger charge is -2.04. The van der Waals surface area contributed by atoms with Crippen LogP contribution in [0.3, 0.4) is 0 Å². The number of aromatic nitrogens is 1. The number of halogens is 1. The van der Waals surface area contributed by atoms with Crippen molar-refractivity contribution in [2.24, 2.45) is 5.73 Å². The zero-order valence-electron chi connectivity index (χ0n) is 9.06. The van der Waals surface area contributed by atoms with E-state index in [2.05, 4.69) is 4.98 Å². The monoisotopic (exact) mass is 246 g/mol. The first-order chi connectivity index (χ1) is 8.16. The second kappa shape index (κ2) is 4.97. The summed E-state index contributed by atoms with van der Waals surface area (Å²) in [5, 5.41) is 0.693. The Balaban J connectivity index is 2.28. The quantitative estimate of drug-likeness (QED) is 0.904. The van der Waals surface area contributed by atoms with Crippen LogP contribution in [0, 0.1) is 0 Å². The summed E-state index contributed by atoms with van der Waals surface area (Å²) in [5.41, 5.74) is 7.42. The summed E-state index contributed by atoms with van der Waals surface area (Å²) in [6.45, 7) is 0. The number of rotatable bonds is 3. The fraction of sp³-hybridized carbons (Fsp3) is 0.0769. The SMILES string of the molecule is NC(=O)c1ccnc(Cc2ccccc2Cl)c1. The van der Waals surface area contributed by atoms with Crippen LogP contribution in [0.1, 0.15) is 21.6 Å². The number of carbonyl (C=O) groups excluding carboxylic acids is 1. The smallest absolute Gasteiger partial charge is 0.248 e. The molecule has 0 saturated carbocycles. The molecule has 0 fully saturated rings. The predicted molar refractivity (Wildman–Crippen MR) is 67.0 cm³/mol. The van der Waals surface area contributed by atoms with E-state index in [4.69, 9.17) is 17.3 Å². The highest BCUT2D eigenvalue weighted by atomic mass is 35.5. The lowest BCUT2D eigenvalue weighted by Crippen LogP contribution is -2.11. The zero-order chi connectivity index (χ0) is 12.3. The first kappa shape index (κ1) is 11.6. The number of pyridine rings is 1. The normalized spacial score (nSPS) is 10.2. The van der Waals surface area contributed by atoms with E-state index in [0.717, 1.165) is 11.3 Å². The highest BCUT2D eigenvalue weighted by Crippen LogP contribution is 2.18. The molecule has 4 heteroatoms. The molecule has 0 spiro atoms. The maximum Gasteiger partial charge on any atom is 0.248 e. The van der Waals surface area contributed by atoms with E-state index in [0.29, 0.717) is 17.0 Å². The van der Waals surface area contributed by atoms with Gasteiger partial charge in [-0.15, -0.1) is 0 Å². The fourth-order valence-corrected chi connectivity index (χ4v) is 1.77. The molecule has 0 aliphatic heterocycles. The van der Waals surface area contributed by atoms with Gasteiger partial charge in [0.15, 0.2) is 0 Å². The van der Waals surface area contributed by atoms with Crippen LogP contribution < -0.4 is 5.73 Å². The number of nitrogens with zero attached hydrogens (tertiary/aromatic N) is 1. The molecule has 3 nitrogen and oxygen atoms in total. The minimum atomic E-state index is -0.451. The molecule has 1 aromatic carbocycles. The van der Waals surface area contributed by atoms with Crippen molar-refractivity contribution in [3.63, 3.8) is 0 Å². The summed E-state index contributed by atoms with van der Waals surface area (Å²) in [6.07, 6.45) is 2.16. The summed E-state index contributed by atoms with van der Waals surface area (Å²) in [7, 11) is 0. The molecule has 2 aromatic rings. The zero-order valence-corrected chi connectivity index (χ0v) is 9.82. The molecule has 1 amide bonds. The van der Waals surface area contributed by atoms with Crippen molar-refractivity contribution in [2.75, 3.05) is 0 Å². The average molecular weight is 247 g/mol. The van der Waals surface area contributed by atoms with Crippen LogP contribution in [0.4, 0.5) is 0 Å². The van der Waals surface area contributed by atoms with Crippen LogP contribution in [0.2, 0.25) is 5.02 Å². The number of hydrogen-bond acceptors (Lipinski definition) is 2. The van der Waals surface area contributed by atoms with Gasteiger partial charge < -0.3 is 5.73 Å². The third-order valence-electron chi connectivity index (χ3n) is 2.43. The molecule has 0 bridgehead atoms. The summed E-state index contributed by atoms with van der Waals surface area (Å²) >= 11 is 6.06. The molecular weight excluding hydrogens is 236 g/mol. The second-order valence-electron chi connectivity index (χ2n) is 3.67. The highest BCUT2D eigenvalue weighted by Gasteiger charge is 2.05. The lowest BCUT2D eigenvalue weighted by molar-refractivity contribution is 0.1000. The van der Waals surface area contributed by atoms with Gasteiger partial charge in [0.1, 0.15) is 0 Å². The Morgan fingerprint density at radius 1 is 1.29 bits per heavy atom. The highest BCUT2D eigenvalue weighted by molar-refractivity contribution is 6.31. The van der Waals surface area contributed by atoms with Crippen LogP contribution >= 0.6 is 11.6 Å². The van der Waals surface area contributed by atoms with Crippen molar-refractivity contribution >= 4 is 17.5 Å². The van der Waals surface area contributed by atoms with Crippen molar-refractivity contribution in [1.82, 2.24) is 4.98 Å². The van der Waals surface area contributed by atoms with E-state index in [9.17, 15) is 4.79 Å². The van der Waals surface area contributed by atoms with Gasteiger partial charge in [0, 0.05) is 28.9 Å². The Bertz CT molecular complexity index is 555. The molecule has 2 rings (SSSR count). The van der Waals surface area contributed by atoms with Crippen LogP contribution in [0.25, 0.3) is 0 Å². The van der Waals surface area contributed by atoms with Gasteiger partial charge in [-0.3, -0.25) is 9.78 Å². The van der Waals surface area contributed by atoms with Gasteiger partial charge in [0.2, 0.25) is 5.91 Å². The Labute approximate surface area is 104 Å². The van der Waals surface area contributed by atoms with Crippen LogP contribution in [0.5, 0.6) is 0 Å². The molecule has 1 aromatic heterocycles. The van der Waals surface area contributed by atoms with Crippen molar-refractivity contribution in [3.8, 4) is 0 Å². The Morgan fingerprint density at radius 3 is 2.76 bits per heavy atom. The van der Waals surface area contributed by atoms with Crippen LogP contribution in [-0.2, 0) is 6.42 Å². The molecule has 0 radical (unpaired) electrons. The van der Waals surface area contributed by atoms with Gasteiger partial charge in [-0.2, -0.15) is 0 Å². The van der Waals surface area contributed by atoms with E-state index in [1.54, 1.807) is 18.3 Å². The topological polar surface area (TPSA) is 56.0 Å². The Hall–Kier alpha value is -1.87. The molecule has 0 saturated heterocycles. The van der Waals surface area contributed by atoms with Gasteiger partial charge in [-0.1, -0.05) is 29.8 Å². The first-order valence-electron chi connectivity index (χ1n) is 5.15. The minimum Gasteiger partial charge on any atom is -0.366 e. The molecule has 0 aliphatic carbocycles.